The number of fused-ring (bicyclic) bond motifs is 1. The van der Waals surface area contributed by atoms with E-state index in [2.05, 4.69) is 26.8 Å². The maximum atomic E-state index is 9.68. The van der Waals surface area contributed by atoms with Gasteiger partial charge in [0.1, 0.15) is 0 Å². The fourth-order valence-corrected chi connectivity index (χ4v) is 3.36. The molecule has 0 aliphatic heterocycles. The number of rotatable bonds is 0. The summed E-state index contributed by atoms with van der Waals surface area (Å²) in [6, 6.07) is 0. The minimum absolute atomic E-state index is 0.183. The Morgan fingerprint density at radius 2 is 2.00 bits per heavy atom. The van der Waals surface area contributed by atoms with E-state index >= 15 is 0 Å². The van der Waals surface area contributed by atoms with Gasteiger partial charge in [-0.05, 0) is 30.1 Å². The van der Waals surface area contributed by atoms with Gasteiger partial charge < -0.3 is 5.11 Å². The molecule has 0 aromatic carbocycles. The van der Waals surface area contributed by atoms with Gasteiger partial charge in [0.15, 0.2) is 0 Å². The van der Waals surface area contributed by atoms with Crippen molar-refractivity contribution in [3.63, 3.8) is 0 Å². The van der Waals surface area contributed by atoms with Crippen LogP contribution in [-0.4, -0.2) is 11.2 Å². The number of aliphatic hydroxyl groups is 1. The van der Waals surface area contributed by atoms with Gasteiger partial charge in [-0.25, -0.2) is 0 Å². The lowest BCUT2D eigenvalue weighted by atomic mass is 9.62. The average molecular weight is 180 g/mol. The van der Waals surface area contributed by atoms with Gasteiger partial charge in [0, 0.05) is 0 Å². The summed E-state index contributed by atoms with van der Waals surface area (Å²) in [5.74, 6) is 0. The highest BCUT2D eigenvalue weighted by Gasteiger charge is 2.45. The molecule has 1 N–H and O–H groups in total. The van der Waals surface area contributed by atoms with Gasteiger partial charge in [0.25, 0.3) is 0 Å². The van der Waals surface area contributed by atoms with Crippen molar-refractivity contribution in [2.75, 3.05) is 0 Å². The Morgan fingerprint density at radius 1 is 1.31 bits per heavy atom. The SMILES string of the molecule is CC1(C)CCC[C@@]2(C)C[C@H](O)C=C12. The minimum Gasteiger partial charge on any atom is -0.389 e. The van der Waals surface area contributed by atoms with Crippen molar-refractivity contribution >= 4 is 0 Å². The van der Waals surface area contributed by atoms with Crippen molar-refractivity contribution in [3.05, 3.63) is 11.6 Å². The van der Waals surface area contributed by atoms with E-state index < -0.39 is 0 Å². The molecule has 0 saturated heterocycles. The van der Waals surface area contributed by atoms with Gasteiger partial charge in [0.05, 0.1) is 6.10 Å². The first kappa shape index (κ1) is 9.26. The summed E-state index contributed by atoms with van der Waals surface area (Å²) in [6.07, 6.45) is 6.73. The molecule has 0 heterocycles. The normalized spacial score (nSPS) is 42.8. The van der Waals surface area contributed by atoms with Crippen LogP contribution in [0.2, 0.25) is 0 Å². The molecule has 74 valence electrons. The molecule has 13 heavy (non-hydrogen) atoms. The maximum absolute atomic E-state index is 9.68. The summed E-state index contributed by atoms with van der Waals surface area (Å²) < 4.78 is 0. The summed E-state index contributed by atoms with van der Waals surface area (Å²) in [5, 5.41) is 9.68. The molecular formula is C12H20O. The Bertz CT molecular complexity index is 252. The van der Waals surface area contributed by atoms with Crippen LogP contribution in [0.25, 0.3) is 0 Å². The smallest absolute Gasteiger partial charge is 0.0732 e. The molecule has 0 amide bonds. The lowest BCUT2D eigenvalue weighted by Crippen LogP contribution is -2.32. The predicted octanol–water partition coefficient (Wildman–Crippen LogP) is 2.89. The molecule has 0 radical (unpaired) electrons. The minimum atomic E-state index is -0.183. The van der Waals surface area contributed by atoms with Crippen LogP contribution in [0.1, 0.15) is 46.5 Å². The van der Waals surface area contributed by atoms with Gasteiger partial charge in [-0.3, -0.25) is 0 Å². The van der Waals surface area contributed by atoms with Crippen LogP contribution in [-0.2, 0) is 0 Å². The summed E-state index contributed by atoms with van der Waals surface area (Å²) in [6.45, 7) is 6.94. The first-order valence-corrected chi connectivity index (χ1v) is 5.35. The van der Waals surface area contributed by atoms with Crippen LogP contribution < -0.4 is 0 Å². The molecule has 0 aromatic rings. The quantitative estimate of drug-likeness (QED) is 0.568. The topological polar surface area (TPSA) is 20.2 Å². The predicted molar refractivity (Wildman–Crippen MR) is 54.4 cm³/mol. The van der Waals surface area contributed by atoms with E-state index in [1.54, 1.807) is 0 Å². The van der Waals surface area contributed by atoms with Crippen molar-refractivity contribution in [3.8, 4) is 0 Å². The molecule has 1 fully saturated rings. The zero-order valence-corrected chi connectivity index (χ0v) is 8.93. The standard InChI is InChI=1S/C12H20O/c1-11(2)5-4-6-12(3)8-9(13)7-10(11)12/h7,9,13H,4-6,8H2,1-3H3/t9-,12+/m1/s1. The van der Waals surface area contributed by atoms with E-state index in [0.717, 1.165) is 6.42 Å². The second-order valence-corrected chi connectivity index (χ2v) is 5.65. The monoisotopic (exact) mass is 180 g/mol. The fraction of sp³-hybridized carbons (Fsp3) is 0.833. The van der Waals surface area contributed by atoms with Gasteiger partial charge in [-0.2, -0.15) is 0 Å². The van der Waals surface area contributed by atoms with Gasteiger partial charge >= 0.3 is 0 Å². The number of hydrogen-bond acceptors (Lipinski definition) is 1. The molecule has 0 spiro atoms. The molecule has 1 nitrogen and oxygen atoms in total. The molecule has 2 aliphatic carbocycles. The molecule has 2 rings (SSSR count). The number of allylic oxidation sites excluding steroid dienone is 1. The van der Waals surface area contributed by atoms with Crippen molar-refractivity contribution < 1.29 is 5.11 Å². The average Bonchev–Trinajstić information content (AvgIpc) is 2.25. The summed E-state index contributed by atoms with van der Waals surface area (Å²) in [4.78, 5) is 0. The maximum Gasteiger partial charge on any atom is 0.0732 e. The highest BCUT2D eigenvalue weighted by atomic mass is 16.3. The Hall–Kier alpha value is -0.300. The van der Waals surface area contributed by atoms with Gasteiger partial charge in [-0.15, -0.1) is 0 Å². The van der Waals surface area contributed by atoms with Crippen LogP contribution in [0.4, 0.5) is 0 Å². The summed E-state index contributed by atoms with van der Waals surface area (Å²) in [7, 11) is 0. The second kappa shape index (κ2) is 2.60. The van der Waals surface area contributed by atoms with E-state index in [4.69, 9.17) is 0 Å². The third kappa shape index (κ3) is 1.34. The zero-order chi connectivity index (χ0) is 9.69. The summed E-state index contributed by atoms with van der Waals surface area (Å²) >= 11 is 0. The Morgan fingerprint density at radius 3 is 2.62 bits per heavy atom. The molecule has 2 aliphatic rings. The lowest BCUT2D eigenvalue weighted by molar-refractivity contribution is 0.148. The van der Waals surface area contributed by atoms with E-state index in [-0.39, 0.29) is 6.10 Å². The first-order valence-electron chi connectivity index (χ1n) is 5.35. The third-order valence-corrected chi connectivity index (χ3v) is 3.93. The van der Waals surface area contributed by atoms with Crippen LogP contribution in [0.15, 0.2) is 11.6 Å². The van der Waals surface area contributed by atoms with Crippen LogP contribution >= 0.6 is 0 Å². The van der Waals surface area contributed by atoms with E-state index in [1.807, 2.05) is 0 Å². The highest BCUT2D eigenvalue weighted by molar-refractivity contribution is 5.29. The van der Waals surface area contributed by atoms with Crippen molar-refractivity contribution in [2.24, 2.45) is 10.8 Å². The molecule has 1 heteroatoms. The first-order chi connectivity index (χ1) is 5.94. The second-order valence-electron chi connectivity index (χ2n) is 5.65. The lowest BCUT2D eigenvalue weighted by Gasteiger charge is -2.43. The Kier molecular flexibility index (Phi) is 1.85. The van der Waals surface area contributed by atoms with Crippen LogP contribution in [0, 0.1) is 10.8 Å². The number of hydrogen-bond donors (Lipinski definition) is 1. The van der Waals surface area contributed by atoms with Gasteiger partial charge in [0.2, 0.25) is 0 Å². The van der Waals surface area contributed by atoms with Crippen LogP contribution in [0.5, 0.6) is 0 Å². The highest BCUT2D eigenvalue weighted by Crippen LogP contribution is 2.55. The van der Waals surface area contributed by atoms with E-state index in [1.165, 1.54) is 24.8 Å². The molecule has 0 aromatic heterocycles. The molecule has 0 unspecified atom stereocenters. The van der Waals surface area contributed by atoms with E-state index in [0.29, 0.717) is 10.8 Å². The van der Waals surface area contributed by atoms with Crippen LogP contribution in [0.3, 0.4) is 0 Å². The van der Waals surface area contributed by atoms with Crippen molar-refractivity contribution in [2.45, 2.75) is 52.6 Å². The molecule has 2 atom stereocenters. The molecule has 0 bridgehead atoms. The summed E-state index contributed by atoms with van der Waals surface area (Å²) in [5.41, 5.74) is 2.14. The van der Waals surface area contributed by atoms with Gasteiger partial charge in [-0.1, -0.05) is 38.8 Å². The number of aliphatic hydroxyl groups excluding tert-OH is 1. The molecular weight excluding hydrogens is 160 g/mol. The Labute approximate surface area is 80.8 Å². The largest absolute Gasteiger partial charge is 0.389 e. The zero-order valence-electron chi connectivity index (χ0n) is 8.93. The van der Waals surface area contributed by atoms with Crippen molar-refractivity contribution in [1.82, 2.24) is 0 Å². The third-order valence-electron chi connectivity index (χ3n) is 3.93. The van der Waals surface area contributed by atoms with Crippen molar-refractivity contribution in [1.29, 1.82) is 0 Å². The Balaban J connectivity index is 2.37. The van der Waals surface area contributed by atoms with E-state index in [9.17, 15) is 5.11 Å². The fourth-order valence-electron chi connectivity index (χ4n) is 3.36. The molecule has 1 saturated carbocycles.